The Kier molecular flexibility index (Phi) is 5.89. The molecule has 1 amide bonds. The molecule has 1 heterocycles. The van der Waals surface area contributed by atoms with Crippen LogP contribution in [0.25, 0.3) is 0 Å². The van der Waals surface area contributed by atoms with Gasteiger partial charge in [0.15, 0.2) is 0 Å². The molecule has 126 valence electrons. The SMILES string of the molecule is C[C@@H]1CN(CC(=O)N(C)Cc2ccc(Cl)c(Cl)c2)C[C@H]1C(=O)O. The van der Waals surface area contributed by atoms with Crippen molar-refractivity contribution in [2.45, 2.75) is 13.5 Å². The number of carboxylic acid groups (broad SMARTS) is 1. The Morgan fingerprint density at radius 2 is 2.00 bits per heavy atom. The van der Waals surface area contributed by atoms with Crippen LogP contribution in [0.1, 0.15) is 12.5 Å². The molecular formula is C16H20Cl2N2O3. The summed E-state index contributed by atoms with van der Waals surface area (Å²) >= 11 is 11.9. The van der Waals surface area contributed by atoms with Gasteiger partial charge in [0, 0.05) is 26.7 Å². The monoisotopic (exact) mass is 358 g/mol. The maximum absolute atomic E-state index is 12.3. The third-order valence-electron chi connectivity index (χ3n) is 4.19. The average Bonchev–Trinajstić information content (AvgIpc) is 2.83. The summed E-state index contributed by atoms with van der Waals surface area (Å²) in [6, 6.07) is 5.28. The molecular weight excluding hydrogens is 339 g/mol. The summed E-state index contributed by atoms with van der Waals surface area (Å²) in [5, 5.41) is 10.1. The molecule has 0 aromatic heterocycles. The maximum atomic E-state index is 12.3. The number of hydrogen-bond acceptors (Lipinski definition) is 3. The van der Waals surface area contributed by atoms with E-state index < -0.39 is 11.9 Å². The number of halogens is 2. The first-order valence-corrected chi connectivity index (χ1v) is 8.16. The van der Waals surface area contributed by atoms with Crippen molar-refractivity contribution in [3.63, 3.8) is 0 Å². The fourth-order valence-corrected chi connectivity index (χ4v) is 3.15. The van der Waals surface area contributed by atoms with Gasteiger partial charge in [-0.3, -0.25) is 14.5 Å². The van der Waals surface area contributed by atoms with E-state index >= 15 is 0 Å². The molecule has 0 saturated carbocycles. The second kappa shape index (κ2) is 7.51. The Morgan fingerprint density at radius 1 is 1.30 bits per heavy atom. The van der Waals surface area contributed by atoms with Crippen LogP contribution in [0.15, 0.2) is 18.2 Å². The molecule has 0 bridgehead atoms. The van der Waals surface area contributed by atoms with Crippen LogP contribution in [0, 0.1) is 11.8 Å². The molecule has 1 fully saturated rings. The van der Waals surface area contributed by atoms with Crippen molar-refractivity contribution in [3.8, 4) is 0 Å². The number of benzene rings is 1. The third kappa shape index (κ3) is 4.59. The van der Waals surface area contributed by atoms with E-state index in [-0.39, 0.29) is 18.4 Å². The lowest BCUT2D eigenvalue weighted by atomic mass is 9.99. The number of carboxylic acids is 1. The van der Waals surface area contributed by atoms with E-state index in [1.54, 1.807) is 24.1 Å². The Hall–Kier alpha value is -1.30. The summed E-state index contributed by atoms with van der Waals surface area (Å²) in [6.07, 6.45) is 0. The van der Waals surface area contributed by atoms with Crippen molar-refractivity contribution in [2.24, 2.45) is 11.8 Å². The van der Waals surface area contributed by atoms with Crippen LogP contribution in [0.2, 0.25) is 10.0 Å². The standard InChI is InChI=1S/C16H20Cl2N2O3/c1-10-6-20(8-12(10)16(22)23)9-15(21)19(2)7-11-3-4-13(17)14(18)5-11/h3-5,10,12H,6-9H2,1-2H3,(H,22,23)/t10-,12-/m1/s1. The third-order valence-corrected chi connectivity index (χ3v) is 4.93. The van der Waals surface area contributed by atoms with Gasteiger partial charge in [-0.25, -0.2) is 0 Å². The summed E-state index contributed by atoms with van der Waals surface area (Å²) in [7, 11) is 1.72. The van der Waals surface area contributed by atoms with Gasteiger partial charge in [-0.1, -0.05) is 36.2 Å². The van der Waals surface area contributed by atoms with Gasteiger partial charge >= 0.3 is 5.97 Å². The molecule has 2 atom stereocenters. The van der Waals surface area contributed by atoms with Crippen molar-refractivity contribution in [1.82, 2.24) is 9.80 Å². The number of amides is 1. The number of rotatable bonds is 5. The molecule has 0 unspecified atom stereocenters. The van der Waals surface area contributed by atoms with E-state index in [2.05, 4.69) is 0 Å². The minimum atomic E-state index is -0.795. The van der Waals surface area contributed by atoms with Crippen LogP contribution in [0.4, 0.5) is 0 Å². The van der Waals surface area contributed by atoms with Crippen LogP contribution in [0.3, 0.4) is 0 Å². The molecule has 1 aromatic carbocycles. The lowest BCUT2D eigenvalue weighted by Gasteiger charge is -2.21. The summed E-state index contributed by atoms with van der Waals surface area (Å²) < 4.78 is 0. The summed E-state index contributed by atoms with van der Waals surface area (Å²) in [5.41, 5.74) is 0.897. The van der Waals surface area contributed by atoms with Gasteiger partial charge in [0.25, 0.3) is 0 Å². The predicted octanol–water partition coefficient (Wildman–Crippen LogP) is 2.60. The van der Waals surface area contributed by atoms with E-state index in [4.69, 9.17) is 28.3 Å². The molecule has 1 aromatic rings. The number of likely N-dealkylation sites (tertiary alicyclic amines) is 1. The first kappa shape index (κ1) is 18.0. The van der Waals surface area contributed by atoms with E-state index in [0.717, 1.165) is 5.56 Å². The van der Waals surface area contributed by atoms with Gasteiger partial charge in [0.1, 0.15) is 0 Å². The zero-order valence-electron chi connectivity index (χ0n) is 13.1. The Bertz CT molecular complexity index is 609. The smallest absolute Gasteiger partial charge is 0.308 e. The lowest BCUT2D eigenvalue weighted by molar-refractivity contribution is -0.142. The maximum Gasteiger partial charge on any atom is 0.308 e. The molecule has 1 aliphatic rings. The zero-order chi connectivity index (χ0) is 17.1. The van der Waals surface area contributed by atoms with Crippen LogP contribution < -0.4 is 0 Å². The van der Waals surface area contributed by atoms with Gasteiger partial charge < -0.3 is 10.0 Å². The summed E-state index contributed by atoms with van der Waals surface area (Å²) in [5.74, 6) is -1.19. The van der Waals surface area contributed by atoms with Crippen LogP contribution >= 0.6 is 23.2 Å². The highest BCUT2D eigenvalue weighted by Crippen LogP contribution is 2.24. The van der Waals surface area contributed by atoms with Crippen molar-refractivity contribution < 1.29 is 14.7 Å². The fourth-order valence-electron chi connectivity index (χ4n) is 2.83. The number of carbonyl (C=O) groups is 2. The van der Waals surface area contributed by atoms with Crippen molar-refractivity contribution >= 4 is 35.1 Å². The van der Waals surface area contributed by atoms with Crippen molar-refractivity contribution in [1.29, 1.82) is 0 Å². The van der Waals surface area contributed by atoms with E-state index in [9.17, 15) is 9.59 Å². The van der Waals surface area contributed by atoms with Crippen LogP contribution in [0.5, 0.6) is 0 Å². The number of carbonyl (C=O) groups excluding carboxylic acids is 1. The van der Waals surface area contributed by atoms with Crippen LogP contribution in [-0.2, 0) is 16.1 Å². The largest absolute Gasteiger partial charge is 0.481 e. The highest BCUT2D eigenvalue weighted by Gasteiger charge is 2.35. The zero-order valence-corrected chi connectivity index (χ0v) is 14.6. The number of nitrogens with zero attached hydrogens (tertiary/aromatic N) is 2. The summed E-state index contributed by atoms with van der Waals surface area (Å²) in [4.78, 5) is 27.0. The molecule has 0 radical (unpaired) electrons. The molecule has 2 rings (SSSR count). The number of likely N-dealkylation sites (N-methyl/N-ethyl adjacent to an activating group) is 1. The van der Waals surface area contributed by atoms with E-state index in [1.165, 1.54) is 0 Å². The number of hydrogen-bond donors (Lipinski definition) is 1. The normalized spacial score (nSPS) is 21.4. The van der Waals surface area contributed by atoms with Gasteiger partial charge in [0.05, 0.1) is 22.5 Å². The molecule has 1 N–H and O–H groups in total. The second-order valence-corrected chi connectivity index (χ2v) is 6.93. The molecule has 1 saturated heterocycles. The topological polar surface area (TPSA) is 60.9 Å². The molecule has 0 spiro atoms. The Balaban J connectivity index is 1.90. The minimum Gasteiger partial charge on any atom is -0.481 e. The summed E-state index contributed by atoms with van der Waals surface area (Å²) in [6.45, 7) is 3.61. The fraction of sp³-hybridized carbons (Fsp3) is 0.500. The first-order valence-electron chi connectivity index (χ1n) is 7.41. The van der Waals surface area contributed by atoms with Crippen LogP contribution in [-0.4, -0.2) is 53.5 Å². The van der Waals surface area contributed by atoms with E-state index in [0.29, 0.717) is 29.7 Å². The quantitative estimate of drug-likeness (QED) is 0.878. The average molecular weight is 359 g/mol. The first-order chi connectivity index (χ1) is 10.8. The predicted molar refractivity (Wildman–Crippen MR) is 89.7 cm³/mol. The molecule has 5 nitrogen and oxygen atoms in total. The Morgan fingerprint density at radius 3 is 2.57 bits per heavy atom. The van der Waals surface area contributed by atoms with Gasteiger partial charge in [-0.2, -0.15) is 0 Å². The van der Waals surface area contributed by atoms with Gasteiger partial charge in [-0.05, 0) is 23.6 Å². The van der Waals surface area contributed by atoms with Crippen molar-refractivity contribution in [2.75, 3.05) is 26.7 Å². The highest BCUT2D eigenvalue weighted by molar-refractivity contribution is 6.42. The van der Waals surface area contributed by atoms with E-state index in [1.807, 2.05) is 17.9 Å². The molecule has 23 heavy (non-hydrogen) atoms. The number of aliphatic carboxylic acids is 1. The minimum absolute atomic E-state index is 0.0469. The molecule has 1 aliphatic heterocycles. The van der Waals surface area contributed by atoms with Gasteiger partial charge in [0.2, 0.25) is 5.91 Å². The lowest BCUT2D eigenvalue weighted by Crippen LogP contribution is -2.37. The molecule has 7 heteroatoms. The Labute approximate surface area is 145 Å². The second-order valence-electron chi connectivity index (χ2n) is 6.11. The van der Waals surface area contributed by atoms with Crippen molar-refractivity contribution in [3.05, 3.63) is 33.8 Å². The highest BCUT2D eigenvalue weighted by atomic mass is 35.5. The molecule has 0 aliphatic carbocycles. The van der Waals surface area contributed by atoms with Gasteiger partial charge in [-0.15, -0.1) is 0 Å².